The second-order valence-corrected chi connectivity index (χ2v) is 7.04. The number of hydrogen-bond acceptors (Lipinski definition) is 5. The molecule has 6 heteroatoms. The average molecular weight is 295 g/mol. The average Bonchev–Trinajstić information content (AvgIpc) is 2.76. The Balaban J connectivity index is 1.76. The van der Waals surface area contributed by atoms with Crippen molar-refractivity contribution >= 4 is 22.4 Å². The number of rotatable bonds is 1. The van der Waals surface area contributed by atoms with Gasteiger partial charge in [-0.15, -0.1) is 0 Å². The molecule has 0 aromatic carbocycles. The van der Waals surface area contributed by atoms with Crippen LogP contribution in [0, 0.1) is 12.8 Å². The van der Waals surface area contributed by atoms with Gasteiger partial charge in [-0.25, -0.2) is 4.98 Å². The largest absolute Gasteiger partial charge is 0.389 e. The van der Waals surface area contributed by atoms with Crippen molar-refractivity contribution < 1.29 is 9.90 Å². The van der Waals surface area contributed by atoms with Crippen molar-refractivity contribution in [2.24, 2.45) is 5.92 Å². The zero-order chi connectivity index (χ0) is 14.3. The van der Waals surface area contributed by atoms with Gasteiger partial charge in [0.05, 0.1) is 11.3 Å². The first-order valence-electron chi connectivity index (χ1n) is 7.24. The maximum Gasteiger partial charge on any atom is 0.265 e. The van der Waals surface area contributed by atoms with Gasteiger partial charge in [-0.1, -0.05) is 24.2 Å². The fraction of sp³-hybridized carbons (Fsp3) is 0.714. The van der Waals surface area contributed by atoms with Crippen LogP contribution in [0.5, 0.6) is 0 Å². The van der Waals surface area contributed by atoms with E-state index in [2.05, 4.69) is 4.98 Å². The number of hydrogen-bond donors (Lipinski definition) is 2. The number of amides is 1. The molecule has 2 unspecified atom stereocenters. The number of nitrogens with two attached hydrogens (primary N) is 1. The number of carbonyl (C=O) groups is 1. The predicted molar refractivity (Wildman–Crippen MR) is 78.7 cm³/mol. The maximum atomic E-state index is 12.6. The van der Waals surface area contributed by atoms with Crippen molar-refractivity contribution in [1.82, 2.24) is 9.88 Å². The van der Waals surface area contributed by atoms with Gasteiger partial charge in [0.2, 0.25) is 0 Å². The number of thiazole rings is 1. The van der Waals surface area contributed by atoms with E-state index >= 15 is 0 Å². The number of anilines is 1. The molecule has 3 N–H and O–H groups in total. The molecule has 2 aliphatic rings. The summed E-state index contributed by atoms with van der Waals surface area (Å²) in [7, 11) is 0. The molecule has 0 radical (unpaired) electrons. The molecule has 20 heavy (non-hydrogen) atoms. The minimum absolute atomic E-state index is 0.0179. The summed E-state index contributed by atoms with van der Waals surface area (Å²) in [5.74, 6) is 0.240. The summed E-state index contributed by atoms with van der Waals surface area (Å²) in [5, 5.41) is 11.1. The normalized spacial score (nSPS) is 30.1. The summed E-state index contributed by atoms with van der Waals surface area (Å²) in [5.41, 5.74) is 5.84. The van der Waals surface area contributed by atoms with Gasteiger partial charge in [-0.2, -0.15) is 0 Å². The fourth-order valence-electron chi connectivity index (χ4n) is 3.51. The van der Waals surface area contributed by atoms with E-state index in [9.17, 15) is 9.90 Å². The van der Waals surface area contributed by atoms with Crippen molar-refractivity contribution in [2.45, 2.75) is 44.6 Å². The van der Waals surface area contributed by atoms with Crippen LogP contribution in [-0.4, -0.2) is 39.6 Å². The first-order valence-corrected chi connectivity index (χ1v) is 8.06. The monoisotopic (exact) mass is 295 g/mol. The lowest BCUT2D eigenvalue weighted by molar-refractivity contribution is -0.0885. The molecular formula is C14H21N3O2S. The lowest BCUT2D eigenvalue weighted by Gasteiger charge is -2.47. The third-order valence-electron chi connectivity index (χ3n) is 4.72. The molecule has 1 amide bonds. The number of piperidine rings is 1. The van der Waals surface area contributed by atoms with Gasteiger partial charge in [-0.3, -0.25) is 4.79 Å². The Hall–Kier alpha value is -1.14. The van der Waals surface area contributed by atoms with Gasteiger partial charge in [0, 0.05) is 19.0 Å². The number of aliphatic hydroxyl groups is 1. The Morgan fingerprint density at radius 3 is 3.00 bits per heavy atom. The second-order valence-electron chi connectivity index (χ2n) is 6.01. The first-order chi connectivity index (χ1) is 9.49. The van der Waals surface area contributed by atoms with E-state index in [4.69, 9.17) is 5.73 Å². The summed E-state index contributed by atoms with van der Waals surface area (Å²) in [4.78, 5) is 19.2. The molecule has 0 bridgehead atoms. The van der Waals surface area contributed by atoms with Gasteiger partial charge in [-0.05, 0) is 26.2 Å². The van der Waals surface area contributed by atoms with E-state index in [1.165, 1.54) is 11.3 Å². The Labute approximate surface area is 122 Å². The number of fused-ring (bicyclic) bond motifs is 1. The highest BCUT2D eigenvalue weighted by Crippen LogP contribution is 2.40. The zero-order valence-electron chi connectivity index (χ0n) is 11.8. The van der Waals surface area contributed by atoms with Crippen LogP contribution in [0.25, 0.3) is 0 Å². The van der Waals surface area contributed by atoms with Crippen LogP contribution in [0.4, 0.5) is 5.13 Å². The number of nitrogen functional groups attached to an aromatic ring is 1. The van der Waals surface area contributed by atoms with Gasteiger partial charge in [0.1, 0.15) is 4.88 Å². The van der Waals surface area contributed by atoms with Crippen molar-refractivity contribution in [3.05, 3.63) is 10.6 Å². The molecule has 110 valence electrons. The number of aryl methyl sites for hydroxylation is 1. The molecule has 1 aromatic rings. The van der Waals surface area contributed by atoms with E-state index in [1.807, 2.05) is 11.8 Å². The predicted octanol–water partition coefficient (Wildman–Crippen LogP) is 1.80. The van der Waals surface area contributed by atoms with E-state index in [1.54, 1.807) is 0 Å². The molecular weight excluding hydrogens is 274 g/mol. The van der Waals surface area contributed by atoms with Crippen molar-refractivity contribution in [2.75, 3.05) is 18.8 Å². The molecule has 0 spiro atoms. The molecule has 3 rings (SSSR count). The third-order valence-corrected chi connectivity index (χ3v) is 5.70. The molecule has 2 heterocycles. The van der Waals surface area contributed by atoms with Crippen LogP contribution in [0.3, 0.4) is 0 Å². The minimum Gasteiger partial charge on any atom is -0.389 e. The highest BCUT2D eigenvalue weighted by molar-refractivity contribution is 7.17. The van der Waals surface area contributed by atoms with E-state index < -0.39 is 5.60 Å². The highest BCUT2D eigenvalue weighted by Gasteiger charge is 2.44. The van der Waals surface area contributed by atoms with E-state index in [0.29, 0.717) is 35.2 Å². The summed E-state index contributed by atoms with van der Waals surface area (Å²) < 4.78 is 0. The molecule has 2 fully saturated rings. The van der Waals surface area contributed by atoms with Crippen LogP contribution in [0.2, 0.25) is 0 Å². The number of aromatic nitrogens is 1. The van der Waals surface area contributed by atoms with Gasteiger partial charge >= 0.3 is 0 Å². The Morgan fingerprint density at radius 2 is 2.30 bits per heavy atom. The number of nitrogens with zero attached hydrogens (tertiary/aromatic N) is 2. The number of carbonyl (C=O) groups excluding carboxylic acids is 1. The lowest BCUT2D eigenvalue weighted by atomic mass is 9.71. The molecule has 1 aromatic heterocycles. The Kier molecular flexibility index (Phi) is 3.46. The van der Waals surface area contributed by atoms with Crippen LogP contribution < -0.4 is 5.73 Å². The van der Waals surface area contributed by atoms with Crippen LogP contribution >= 0.6 is 11.3 Å². The fourth-order valence-corrected chi connectivity index (χ4v) is 4.32. The van der Waals surface area contributed by atoms with Gasteiger partial charge in [0.15, 0.2) is 5.13 Å². The molecule has 1 aliphatic heterocycles. The van der Waals surface area contributed by atoms with Crippen molar-refractivity contribution in [1.29, 1.82) is 0 Å². The second kappa shape index (κ2) is 5.00. The minimum atomic E-state index is -0.545. The van der Waals surface area contributed by atoms with Crippen molar-refractivity contribution in [3.63, 3.8) is 0 Å². The molecule has 2 atom stereocenters. The van der Waals surface area contributed by atoms with Gasteiger partial charge < -0.3 is 15.7 Å². The quantitative estimate of drug-likeness (QED) is 0.828. The summed E-state index contributed by atoms with van der Waals surface area (Å²) in [6.07, 6.45) is 4.85. The standard InChI is InChI=1S/C14H21N3O2S/c1-9-11(20-13(15)16-9)12(18)17-7-6-14(19)5-3-2-4-10(14)8-17/h10,19H,2-8H2,1H3,(H2,15,16). The molecule has 1 saturated heterocycles. The number of likely N-dealkylation sites (tertiary alicyclic amines) is 1. The molecule has 1 saturated carbocycles. The smallest absolute Gasteiger partial charge is 0.265 e. The van der Waals surface area contributed by atoms with Gasteiger partial charge in [0.25, 0.3) is 5.91 Å². The first kappa shape index (κ1) is 13.8. The van der Waals surface area contributed by atoms with Crippen molar-refractivity contribution in [3.8, 4) is 0 Å². The Morgan fingerprint density at radius 1 is 1.50 bits per heavy atom. The third kappa shape index (κ3) is 2.31. The summed E-state index contributed by atoms with van der Waals surface area (Å²) in [6.45, 7) is 3.11. The van der Waals surface area contributed by atoms with E-state index in [0.717, 1.165) is 25.7 Å². The van der Waals surface area contributed by atoms with Crippen LogP contribution in [0.15, 0.2) is 0 Å². The molecule has 1 aliphatic carbocycles. The van der Waals surface area contributed by atoms with E-state index in [-0.39, 0.29) is 11.8 Å². The topological polar surface area (TPSA) is 79.5 Å². The highest BCUT2D eigenvalue weighted by atomic mass is 32.1. The lowest BCUT2D eigenvalue weighted by Crippen LogP contribution is -2.54. The SMILES string of the molecule is Cc1nc(N)sc1C(=O)N1CCC2(O)CCCCC2C1. The Bertz CT molecular complexity index is 530. The summed E-state index contributed by atoms with van der Waals surface area (Å²) >= 11 is 1.26. The maximum absolute atomic E-state index is 12.6. The van der Waals surface area contributed by atoms with Crippen LogP contribution in [0.1, 0.15) is 47.5 Å². The zero-order valence-corrected chi connectivity index (χ0v) is 12.6. The molecule has 5 nitrogen and oxygen atoms in total. The van der Waals surface area contributed by atoms with Crippen LogP contribution in [-0.2, 0) is 0 Å². The summed E-state index contributed by atoms with van der Waals surface area (Å²) in [6, 6.07) is 0.